The number of benzene rings is 2. The molecule has 0 saturated carbocycles. The Bertz CT molecular complexity index is 1210. The zero-order valence-corrected chi connectivity index (χ0v) is 18.1. The molecular weight excluding hydrogens is 451 g/mol. The van der Waals surface area contributed by atoms with Crippen molar-refractivity contribution in [3.8, 4) is 11.8 Å². The molecule has 3 rings (SSSR count). The fraction of sp³-hybridized carbons (Fsp3) is 0.0417. The van der Waals surface area contributed by atoms with Gasteiger partial charge in [0.25, 0.3) is 5.91 Å². The number of esters is 1. The lowest BCUT2D eigenvalue weighted by molar-refractivity contribution is -0.128. The van der Waals surface area contributed by atoms with Crippen LogP contribution in [0.15, 0.2) is 76.9 Å². The smallest absolute Gasteiger partial charge is 0.336 e. The Morgan fingerprint density at radius 2 is 1.81 bits per heavy atom. The topological polar surface area (TPSA) is 92.3 Å². The van der Waals surface area contributed by atoms with E-state index in [-0.39, 0.29) is 12.1 Å². The largest absolute Gasteiger partial charge is 0.467 e. The Hall–Kier alpha value is -3.79. The molecule has 1 heterocycles. The van der Waals surface area contributed by atoms with E-state index in [1.807, 2.05) is 6.07 Å². The molecule has 32 heavy (non-hydrogen) atoms. The number of nitrogens with one attached hydrogen (secondary N) is 1. The van der Waals surface area contributed by atoms with Crippen LogP contribution in [0.1, 0.15) is 16.9 Å². The fourth-order valence-electron chi connectivity index (χ4n) is 2.55. The molecule has 0 atom stereocenters. The van der Waals surface area contributed by atoms with E-state index in [2.05, 4.69) is 5.32 Å². The second kappa shape index (κ2) is 11.0. The molecule has 8 heteroatoms. The molecule has 1 amide bonds. The number of nitriles is 1. The van der Waals surface area contributed by atoms with Gasteiger partial charge in [-0.2, -0.15) is 5.26 Å². The summed E-state index contributed by atoms with van der Waals surface area (Å²) in [7, 11) is 0. The summed E-state index contributed by atoms with van der Waals surface area (Å²) in [6.07, 6.45) is 5.76. The first-order valence-corrected chi connectivity index (χ1v) is 10.1. The summed E-state index contributed by atoms with van der Waals surface area (Å²) in [6.45, 7) is 0.176. The van der Waals surface area contributed by atoms with Gasteiger partial charge < -0.3 is 14.5 Å². The third kappa shape index (κ3) is 6.61. The number of hydrogen-bond donors (Lipinski definition) is 1. The summed E-state index contributed by atoms with van der Waals surface area (Å²) in [6, 6.07) is 16.7. The number of rotatable bonds is 7. The Morgan fingerprint density at radius 3 is 2.47 bits per heavy atom. The molecule has 2 aromatic carbocycles. The number of halogens is 2. The van der Waals surface area contributed by atoms with E-state index in [0.29, 0.717) is 32.7 Å². The minimum atomic E-state index is -0.575. The van der Waals surface area contributed by atoms with E-state index in [0.717, 1.165) is 0 Å². The highest BCUT2D eigenvalue weighted by molar-refractivity contribution is 6.42. The van der Waals surface area contributed by atoms with Gasteiger partial charge in [0.05, 0.1) is 22.9 Å². The fourth-order valence-corrected chi connectivity index (χ4v) is 2.86. The van der Waals surface area contributed by atoms with Crippen LogP contribution in [-0.4, -0.2) is 11.9 Å². The molecule has 0 aliphatic heterocycles. The van der Waals surface area contributed by atoms with Gasteiger partial charge in [0.15, 0.2) is 0 Å². The van der Waals surface area contributed by atoms with E-state index in [1.165, 1.54) is 18.4 Å². The zero-order chi connectivity index (χ0) is 22.9. The minimum Gasteiger partial charge on any atom is -0.467 e. The molecule has 0 aliphatic rings. The maximum Gasteiger partial charge on any atom is 0.336 e. The monoisotopic (exact) mass is 466 g/mol. The number of carbonyl (C=O) groups is 2. The SMILES string of the molecule is N#C/C(=C\c1ccc(OC(=O)/C=C/c2ccc(Cl)c(Cl)c2)cc1)C(=O)NCc1ccco1. The van der Waals surface area contributed by atoms with Crippen molar-refractivity contribution < 1.29 is 18.7 Å². The van der Waals surface area contributed by atoms with Crippen molar-refractivity contribution in [2.24, 2.45) is 0 Å². The van der Waals surface area contributed by atoms with Gasteiger partial charge in [-0.05, 0) is 59.7 Å². The maximum atomic E-state index is 12.2. The Morgan fingerprint density at radius 1 is 1.06 bits per heavy atom. The van der Waals surface area contributed by atoms with Crippen molar-refractivity contribution in [1.82, 2.24) is 5.32 Å². The lowest BCUT2D eigenvalue weighted by atomic mass is 10.1. The van der Waals surface area contributed by atoms with Crippen molar-refractivity contribution in [1.29, 1.82) is 5.26 Å². The van der Waals surface area contributed by atoms with Crippen LogP contribution in [0.25, 0.3) is 12.2 Å². The number of furan rings is 1. The van der Waals surface area contributed by atoms with E-state index < -0.39 is 11.9 Å². The second-order valence-corrected chi connectivity index (χ2v) is 7.24. The second-order valence-electron chi connectivity index (χ2n) is 6.43. The predicted octanol–water partition coefficient (Wildman–Crippen LogP) is 5.43. The number of hydrogen-bond acceptors (Lipinski definition) is 5. The lowest BCUT2D eigenvalue weighted by Crippen LogP contribution is -2.23. The van der Waals surface area contributed by atoms with Gasteiger partial charge in [0, 0.05) is 6.08 Å². The van der Waals surface area contributed by atoms with Gasteiger partial charge >= 0.3 is 5.97 Å². The van der Waals surface area contributed by atoms with Crippen LogP contribution in [0.5, 0.6) is 5.75 Å². The maximum absolute atomic E-state index is 12.2. The first-order chi connectivity index (χ1) is 15.4. The average Bonchev–Trinajstić information content (AvgIpc) is 3.31. The first kappa shape index (κ1) is 22.9. The van der Waals surface area contributed by atoms with E-state index >= 15 is 0 Å². The highest BCUT2D eigenvalue weighted by atomic mass is 35.5. The van der Waals surface area contributed by atoms with Gasteiger partial charge in [-0.15, -0.1) is 0 Å². The standard InChI is InChI=1S/C24H16Cl2N2O4/c25-21-9-5-17(13-22(21)26)6-10-23(29)32-19-7-3-16(4-8-19)12-18(14-27)24(30)28-15-20-2-1-11-31-20/h1-13H,15H2,(H,28,30)/b10-6+,18-12+. The van der Waals surface area contributed by atoms with Crippen molar-refractivity contribution >= 4 is 47.2 Å². The normalized spacial score (nSPS) is 11.2. The van der Waals surface area contributed by atoms with E-state index in [4.69, 9.17) is 32.4 Å². The van der Waals surface area contributed by atoms with Gasteiger partial charge in [-0.25, -0.2) is 4.79 Å². The summed E-state index contributed by atoms with van der Waals surface area (Å²) in [5.74, 6) is -0.206. The number of ether oxygens (including phenoxy) is 1. The van der Waals surface area contributed by atoms with E-state index in [1.54, 1.807) is 60.7 Å². The molecule has 0 bridgehead atoms. The van der Waals surface area contributed by atoms with Gasteiger partial charge in [0.2, 0.25) is 0 Å². The van der Waals surface area contributed by atoms with Crippen LogP contribution >= 0.6 is 23.2 Å². The van der Waals surface area contributed by atoms with Crippen LogP contribution in [0.2, 0.25) is 10.0 Å². The quantitative estimate of drug-likeness (QED) is 0.217. The highest BCUT2D eigenvalue weighted by Gasteiger charge is 2.10. The molecule has 1 aromatic heterocycles. The van der Waals surface area contributed by atoms with Gasteiger partial charge in [0.1, 0.15) is 23.2 Å². The summed E-state index contributed by atoms with van der Waals surface area (Å²) in [4.78, 5) is 24.2. The summed E-state index contributed by atoms with van der Waals surface area (Å²) in [5.41, 5.74) is 1.23. The molecule has 6 nitrogen and oxygen atoms in total. The molecule has 0 fully saturated rings. The zero-order valence-electron chi connectivity index (χ0n) is 16.5. The van der Waals surface area contributed by atoms with Crippen LogP contribution < -0.4 is 10.1 Å². The van der Waals surface area contributed by atoms with E-state index in [9.17, 15) is 14.9 Å². The molecule has 0 unspecified atom stereocenters. The highest BCUT2D eigenvalue weighted by Crippen LogP contribution is 2.23. The third-order valence-corrected chi connectivity index (χ3v) is 4.87. The van der Waals surface area contributed by atoms with Gasteiger partial charge in [-0.1, -0.05) is 41.4 Å². The van der Waals surface area contributed by atoms with Crippen LogP contribution in [0, 0.1) is 11.3 Å². The minimum absolute atomic E-state index is 0.0640. The molecule has 1 N–H and O–H groups in total. The first-order valence-electron chi connectivity index (χ1n) is 9.32. The van der Waals surface area contributed by atoms with Crippen molar-refractivity contribution in [3.05, 3.63) is 99.4 Å². The van der Waals surface area contributed by atoms with Crippen LogP contribution in [-0.2, 0) is 16.1 Å². The lowest BCUT2D eigenvalue weighted by Gasteiger charge is -2.04. The predicted molar refractivity (Wildman–Crippen MR) is 122 cm³/mol. The summed E-state index contributed by atoms with van der Waals surface area (Å²) >= 11 is 11.8. The van der Waals surface area contributed by atoms with Crippen LogP contribution in [0.3, 0.4) is 0 Å². The molecule has 3 aromatic rings. The van der Waals surface area contributed by atoms with Crippen molar-refractivity contribution in [3.63, 3.8) is 0 Å². The summed E-state index contributed by atoms with van der Waals surface area (Å²) in [5, 5.41) is 12.7. The molecule has 0 saturated heterocycles. The third-order valence-electron chi connectivity index (χ3n) is 4.13. The number of amides is 1. The van der Waals surface area contributed by atoms with Crippen LogP contribution in [0.4, 0.5) is 0 Å². The Labute approximate surface area is 194 Å². The molecule has 0 radical (unpaired) electrons. The Kier molecular flexibility index (Phi) is 7.87. The van der Waals surface area contributed by atoms with Crippen molar-refractivity contribution in [2.75, 3.05) is 0 Å². The average molecular weight is 467 g/mol. The molecule has 160 valence electrons. The number of carbonyl (C=O) groups excluding carboxylic acids is 2. The molecule has 0 aliphatic carbocycles. The van der Waals surface area contributed by atoms with Crippen molar-refractivity contribution in [2.45, 2.75) is 6.54 Å². The molecule has 0 spiro atoms. The number of nitrogens with zero attached hydrogens (tertiary/aromatic N) is 1. The molecular formula is C24H16Cl2N2O4. The van der Waals surface area contributed by atoms with Gasteiger partial charge in [-0.3, -0.25) is 4.79 Å². The Balaban J connectivity index is 1.58. The summed E-state index contributed by atoms with van der Waals surface area (Å²) < 4.78 is 10.4.